The van der Waals surface area contributed by atoms with Crippen LogP contribution in [0.2, 0.25) is 0 Å². The minimum atomic E-state index is 1.09. The molecular formula is C24H16BrN. The molecule has 0 aliphatic rings. The lowest BCUT2D eigenvalue weighted by Crippen LogP contribution is -1.98. The van der Waals surface area contributed by atoms with Crippen LogP contribution in [0.25, 0.3) is 38.6 Å². The van der Waals surface area contributed by atoms with Crippen molar-refractivity contribution in [1.82, 2.24) is 4.57 Å². The van der Waals surface area contributed by atoms with Crippen LogP contribution < -0.4 is 0 Å². The number of aromatic nitrogens is 1. The van der Waals surface area contributed by atoms with Crippen molar-refractivity contribution in [3.8, 4) is 16.8 Å². The van der Waals surface area contributed by atoms with Gasteiger partial charge < -0.3 is 4.57 Å². The van der Waals surface area contributed by atoms with E-state index in [1.165, 1.54) is 38.6 Å². The van der Waals surface area contributed by atoms with Crippen molar-refractivity contribution in [2.45, 2.75) is 0 Å². The Morgan fingerprint density at radius 3 is 1.77 bits per heavy atom. The summed E-state index contributed by atoms with van der Waals surface area (Å²) >= 11 is 3.82. The van der Waals surface area contributed by atoms with E-state index in [4.69, 9.17) is 0 Å². The summed E-state index contributed by atoms with van der Waals surface area (Å²) in [5.74, 6) is 0. The molecule has 1 nitrogen and oxygen atoms in total. The van der Waals surface area contributed by atoms with Crippen LogP contribution in [-0.4, -0.2) is 4.57 Å². The number of halogens is 1. The van der Waals surface area contributed by atoms with E-state index in [-0.39, 0.29) is 0 Å². The Balaban J connectivity index is 1.96. The van der Waals surface area contributed by atoms with Crippen LogP contribution in [-0.2, 0) is 0 Å². The number of benzene rings is 4. The molecular weight excluding hydrogens is 382 g/mol. The molecule has 0 atom stereocenters. The van der Waals surface area contributed by atoms with Gasteiger partial charge in [-0.1, -0.05) is 78.9 Å². The van der Waals surface area contributed by atoms with E-state index in [1.807, 2.05) is 0 Å². The molecule has 0 spiro atoms. The summed E-state index contributed by atoms with van der Waals surface area (Å²) in [6.07, 6.45) is 0. The molecule has 0 amide bonds. The average molecular weight is 398 g/mol. The molecule has 0 aliphatic heterocycles. The van der Waals surface area contributed by atoms with E-state index in [0.29, 0.717) is 0 Å². The van der Waals surface area contributed by atoms with Gasteiger partial charge in [-0.3, -0.25) is 0 Å². The monoisotopic (exact) mass is 397 g/mol. The molecule has 5 rings (SSSR count). The van der Waals surface area contributed by atoms with Gasteiger partial charge in [-0.25, -0.2) is 0 Å². The first-order chi connectivity index (χ1) is 12.8. The van der Waals surface area contributed by atoms with E-state index in [9.17, 15) is 0 Å². The molecule has 0 fully saturated rings. The highest BCUT2D eigenvalue weighted by Gasteiger charge is 2.17. The van der Waals surface area contributed by atoms with Crippen LogP contribution in [0.5, 0.6) is 0 Å². The van der Waals surface area contributed by atoms with Gasteiger partial charge >= 0.3 is 0 Å². The minimum Gasteiger partial charge on any atom is -0.307 e. The Morgan fingerprint density at radius 2 is 1.12 bits per heavy atom. The van der Waals surface area contributed by atoms with Crippen LogP contribution in [0.4, 0.5) is 0 Å². The van der Waals surface area contributed by atoms with Crippen molar-refractivity contribution < 1.29 is 0 Å². The van der Waals surface area contributed by atoms with Crippen LogP contribution in [0.1, 0.15) is 0 Å². The summed E-state index contributed by atoms with van der Waals surface area (Å²) in [4.78, 5) is 0. The Labute approximate surface area is 160 Å². The predicted octanol–water partition coefficient (Wildman–Crippen LogP) is 7.21. The van der Waals surface area contributed by atoms with Crippen molar-refractivity contribution >= 4 is 37.7 Å². The molecule has 0 aliphatic carbocycles. The van der Waals surface area contributed by atoms with Crippen molar-refractivity contribution in [3.63, 3.8) is 0 Å². The Bertz CT molecular complexity index is 1180. The molecule has 1 heterocycles. The van der Waals surface area contributed by atoms with Gasteiger partial charge in [0, 0.05) is 20.8 Å². The molecule has 0 saturated carbocycles. The third-order valence-corrected chi connectivity index (χ3v) is 5.52. The maximum atomic E-state index is 3.82. The Morgan fingerprint density at radius 1 is 0.538 bits per heavy atom. The van der Waals surface area contributed by atoms with Gasteiger partial charge in [0.25, 0.3) is 0 Å². The number of rotatable bonds is 2. The first kappa shape index (κ1) is 15.4. The van der Waals surface area contributed by atoms with Crippen molar-refractivity contribution in [2.75, 3.05) is 0 Å². The fourth-order valence-corrected chi connectivity index (χ4v) is 4.30. The second-order valence-corrected chi connectivity index (χ2v) is 7.23. The molecule has 124 valence electrons. The minimum absolute atomic E-state index is 1.09. The van der Waals surface area contributed by atoms with Gasteiger partial charge in [0.15, 0.2) is 0 Å². The summed E-state index contributed by atoms with van der Waals surface area (Å²) < 4.78 is 3.46. The second kappa shape index (κ2) is 6.15. The summed E-state index contributed by atoms with van der Waals surface area (Å²) in [6, 6.07) is 34.2. The fourth-order valence-electron chi connectivity index (χ4n) is 3.76. The van der Waals surface area contributed by atoms with Gasteiger partial charge in [-0.2, -0.15) is 0 Å². The maximum absolute atomic E-state index is 3.82. The highest BCUT2D eigenvalue weighted by Crippen LogP contribution is 2.39. The third kappa shape index (κ3) is 2.30. The molecule has 0 bridgehead atoms. The summed E-state index contributed by atoms with van der Waals surface area (Å²) in [7, 11) is 0. The quantitative estimate of drug-likeness (QED) is 0.296. The second-order valence-electron chi connectivity index (χ2n) is 6.37. The van der Waals surface area contributed by atoms with Crippen LogP contribution in [0, 0.1) is 0 Å². The normalized spacial score (nSPS) is 11.3. The number of fused-ring (bicyclic) bond motifs is 3. The van der Waals surface area contributed by atoms with Gasteiger partial charge in [0.05, 0.1) is 16.7 Å². The summed E-state index contributed by atoms with van der Waals surface area (Å²) in [6.45, 7) is 0. The fraction of sp³-hybridized carbons (Fsp3) is 0. The average Bonchev–Trinajstić information content (AvgIpc) is 3.03. The van der Waals surface area contributed by atoms with Gasteiger partial charge in [0.1, 0.15) is 0 Å². The highest BCUT2D eigenvalue weighted by atomic mass is 79.9. The van der Waals surface area contributed by atoms with Crippen molar-refractivity contribution in [3.05, 3.63) is 102 Å². The van der Waals surface area contributed by atoms with E-state index in [1.54, 1.807) is 0 Å². The Kier molecular flexibility index (Phi) is 3.65. The molecule has 1 aromatic heterocycles. The van der Waals surface area contributed by atoms with E-state index in [0.717, 1.165) is 4.47 Å². The van der Waals surface area contributed by atoms with Crippen LogP contribution in [0.15, 0.2) is 102 Å². The smallest absolute Gasteiger partial charge is 0.0682 e. The molecule has 0 radical (unpaired) electrons. The summed E-state index contributed by atoms with van der Waals surface area (Å²) in [5, 5.41) is 2.55. The molecule has 0 saturated heterocycles. The van der Waals surface area contributed by atoms with Gasteiger partial charge in [0.2, 0.25) is 0 Å². The summed E-state index contributed by atoms with van der Waals surface area (Å²) in [5.41, 5.74) is 6.05. The van der Waals surface area contributed by atoms with Crippen molar-refractivity contribution in [1.29, 1.82) is 0 Å². The lowest BCUT2D eigenvalue weighted by atomic mass is 10.0. The van der Waals surface area contributed by atoms with Crippen LogP contribution >= 0.6 is 15.9 Å². The lowest BCUT2D eigenvalue weighted by Gasteiger charge is -2.16. The number of nitrogens with zero attached hydrogens (tertiary/aromatic N) is 1. The lowest BCUT2D eigenvalue weighted by molar-refractivity contribution is 1.17. The maximum Gasteiger partial charge on any atom is 0.0682 e. The van der Waals surface area contributed by atoms with E-state index >= 15 is 0 Å². The Hall–Kier alpha value is -2.84. The first-order valence-corrected chi connectivity index (χ1v) is 9.46. The zero-order valence-corrected chi connectivity index (χ0v) is 15.6. The first-order valence-electron chi connectivity index (χ1n) is 8.67. The standard InChI is InChI=1S/C24H16BrN/c25-21-14-8-13-18(17-9-2-1-3-10-17)24(21)26-22-15-6-4-11-19(22)20-12-5-7-16-23(20)26/h1-16H. The zero-order chi connectivity index (χ0) is 17.5. The van der Waals surface area contributed by atoms with Crippen molar-refractivity contribution in [2.24, 2.45) is 0 Å². The van der Waals surface area contributed by atoms with Crippen LogP contribution in [0.3, 0.4) is 0 Å². The molecule has 4 aromatic carbocycles. The zero-order valence-electron chi connectivity index (χ0n) is 14.1. The predicted molar refractivity (Wildman–Crippen MR) is 114 cm³/mol. The highest BCUT2D eigenvalue weighted by molar-refractivity contribution is 9.10. The van der Waals surface area contributed by atoms with Gasteiger partial charge in [-0.15, -0.1) is 0 Å². The molecule has 5 aromatic rings. The molecule has 26 heavy (non-hydrogen) atoms. The molecule has 2 heteroatoms. The third-order valence-electron chi connectivity index (χ3n) is 4.88. The molecule has 0 unspecified atom stereocenters. The number of hydrogen-bond acceptors (Lipinski definition) is 0. The topological polar surface area (TPSA) is 4.93 Å². The SMILES string of the molecule is Brc1cccc(-c2ccccc2)c1-n1c2ccccc2c2ccccc21. The van der Waals surface area contributed by atoms with E-state index < -0.39 is 0 Å². The number of hydrogen-bond donors (Lipinski definition) is 0. The van der Waals surface area contributed by atoms with Gasteiger partial charge in [-0.05, 0) is 39.7 Å². The van der Waals surface area contributed by atoms with E-state index in [2.05, 4.69) is 118 Å². The number of para-hydroxylation sites is 3. The molecule has 0 N–H and O–H groups in total. The largest absolute Gasteiger partial charge is 0.307 e.